The minimum atomic E-state index is -3.61. The van der Waals surface area contributed by atoms with E-state index in [0.29, 0.717) is 5.56 Å². The molecule has 0 fully saturated rings. The minimum Gasteiger partial charge on any atom is -0.266 e. The zero-order chi connectivity index (χ0) is 11.8. The van der Waals surface area contributed by atoms with Gasteiger partial charge in [0, 0.05) is 0 Å². The standard InChI is InChI=1S/C10H9ClN2O2S/c1-7-4-2-3-5-9(7)16(14,15)10-8(11)6-12-13-10/h2-6H,1H3,(H,12,13). The molecule has 2 rings (SSSR count). The van der Waals surface area contributed by atoms with Gasteiger partial charge in [-0.1, -0.05) is 29.8 Å². The van der Waals surface area contributed by atoms with Crippen LogP contribution in [0.15, 0.2) is 40.4 Å². The van der Waals surface area contributed by atoms with Crippen LogP contribution in [0, 0.1) is 6.92 Å². The molecule has 84 valence electrons. The fraction of sp³-hybridized carbons (Fsp3) is 0.100. The van der Waals surface area contributed by atoms with Crippen molar-refractivity contribution in [3.8, 4) is 0 Å². The summed E-state index contributed by atoms with van der Waals surface area (Å²) in [5, 5.41) is 6.04. The number of halogens is 1. The molecule has 0 aliphatic heterocycles. The highest BCUT2D eigenvalue weighted by Crippen LogP contribution is 2.26. The average Bonchev–Trinajstić information content (AvgIpc) is 2.65. The molecule has 0 saturated heterocycles. The molecule has 0 saturated carbocycles. The SMILES string of the molecule is Cc1ccccc1S(=O)(=O)c1[nH]ncc1Cl. The number of aryl methyl sites for hydroxylation is 1. The average molecular weight is 257 g/mol. The van der Waals surface area contributed by atoms with Crippen LogP contribution in [0.5, 0.6) is 0 Å². The predicted octanol–water partition coefficient (Wildman–Crippen LogP) is 2.20. The number of sulfone groups is 1. The summed E-state index contributed by atoms with van der Waals surface area (Å²) in [6, 6.07) is 6.73. The zero-order valence-corrected chi connectivity index (χ0v) is 10.0. The lowest BCUT2D eigenvalue weighted by molar-refractivity contribution is 0.591. The number of nitrogens with zero attached hydrogens (tertiary/aromatic N) is 1. The van der Waals surface area contributed by atoms with Crippen LogP contribution in [0.1, 0.15) is 5.56 Å². The van der Waals surface area contributed by atoms with E-state index in [1.165, 1.54) is 6.20 Å². The van der Waals surface area contributed by atoms with E-state index in [0.717, 1.165) is 0 Å². The highest BCUT2D eigenvalue weighted by Gasteiger charge is 2.23. The van der Waals surface area contributed by atoms with Crippen molar-refractivity contribution in [2.45, 2.75) is 16.8 Å². The number of benzene rings is 1. The van der Waals surface area contributed by atoms with Gasteiger partial charge < -0.3 is 0 Å². The van der Waals surface area contributed by atoms with E-state index in [9.17, 15) is 8.42 Å². The molecule has 4 nitrogen and oxygen atoms in total. The summed E-state index contributed by atoms with van der Waals surface area (Å²) in [6.07, 6.45) is 1.27. The quantitative estimate of drug-likeness (QED) is 0.896. The molecule has 1 aromatic heterocycles. The first kappa shape index (κ1) is 11.2. The van der Waals surface area contributed by atoms with Crippen LogP contribution >= 0.6 is 11.6 Å². The number of H-pyrrole nitrogens is 1. The van der Waals surface area contributed by atoms with Gasteiger partial charge in [-0.15, -0.1) is 0 Å². The highest BCUT2D eigenvalue weighted by molar-refractivity contribution is 7.91. The van der Waals surface area contributed by atoms with Crippen molar-refractivity contribution in [3.05, 3.63) is 41.0 Å². The van der Waals surface area contributed by atoms with Crippen molar-refractivity contribution in [2.75, 3.05) is 0 Å². The van der Waals surface area contributed by atoms with Crippen LogP contribution in [0.3, 0.4) is 0 Å². The zero-order valence-electron chi connectivity index (χ0n) is 8.44. The van der Waals surface area contributed by atoms with E-state index < -0.39 is 9.84 Å². The Bertz CT molecular complexity index is 619. The molecule has 0 radical (unpaired) electrons. The molecule has 0 unspecified atom stereocenters. The van der Waals surface area contributed by atoms with E-state index in [-0.39, 0.29) is 14.9 Å². The molecule has 0 aliphatic rings. The Balaban J connectivity index is 2.66. The van der Waals surface area contributed by atoms with Gasteiger partial charge in [-0.05, 0) is 18.6 Å². The monoisotopic (exact) mass is 256 g/mol. The van der Waals surface area contributed by atoms with Gasteiger partial charge in [-0.3, -0.25) is 5.10 Å². The summed E-state index contributed by atoms with van der Waals surface area (Å²) < 4.78 is 24.4. The first-order valence-electron chi connectivity index (χ1n) is 4.53. The van der Waals surface area contributed by atoms with Crippen molar-refractivity contribution < 1.29 is 8.42 Å². The Morgan fingerprint density at radius 2 is 2.00 bits per heavy atom. The Kier molecular flexibility index (Phi) is 2.73. The molecule has 0 bridgehead atoms. The second-order valence-corrected chi connectivity index (χ2v) is 5.58. The predicted molar refractivity (Wildman–Crippen MR) is 60.2 cm³/mol. The summed E-state index contributed by atoms with van der Waals surface area (Å²) in [6.45, 7) is 1.73. The lowest BCUT2D eigenvalue weighted by Gasteiger charge is -2.05. The Labute approximate surface area is 98.2 Å². The summed E-state index contributed by atoms with van der Waals surface area (Å²) >= 11 is 5.75. The van der Waals surface area contributed by atoms with Crippen molar-refractivity contribution >= 4 is 21.4 Å². The molecular weight excluding hydrogens is 248 g/mol. The second kappa shape index (κ2) is 3.92. The number of rotatable bonds is 2. The normalized spacial score (nSPS) is 11.6. The van der Waals surface area contributed by atoms with Gasteiger partial charge >= 0.3 is 0 Å². The van der Waals surface area contributed by atoms with E-state index in [4.69, 9.17) is 11.6 Å². The lowest BCUT2D eigenvalue weighted by atomic mass is 10.2. The molecule has 1 N–H and O–H groups in total. The Morgan fingerprint density at radius 3 is 2.56 bits per heavy atom. The molecule has 0 amide bonds. The molecule has 0 aliphatic carbocycles. The first-order chi connectivity index (χ1) is 7.53. The van der Waals surface area contributed by atoms with Gasteiger partial charge in [0.25, 0.3) is 0 Å². The molecule has 6 heteroatoms. The van der Waals surface area contributed by atoms with E-state index in [1.807, 2.05) is 0 Å². The number of hydrogen-bond donors (Lipinski definition) is 1. The highest BCUT2D eigenvalue weighted by atomic mass is 35.5. The topological polar surface area (TPSA) is 62.8 Å². The van der Waals surface area contributed by atoms with Crippen molar-refractivity contribution in [1.82, 2.24) is 10.2 Å². The van der Waals surface area contributed by atoms with Gasteiger partial charge in [0.05, 0.1) is 16.1 Å². The number of aromatic amines is 1. The van der Waals surface area contributed by atoms with Crippen LogP contribution in [0.4, 0.5) is 0 Å². The Hall–Kier alpha value is -1.33. The van der Waals surface area contributed by atoms with Crippen LogP contribution in [0.25, 0.3) is 0 Å². The van der Waals surface area contributed by atoms with E-state index in [1.54, 1.807) is 31.2 Å². The fourth-order valence-corrected chi connectivity index (χ4v) is 3.26. The summed E-state index contributed by atoms with van der Waals surface area (Å²) in [4.78, 5) is 0.237. The first-order valence-corrected chi connectivity index (χ1v) is 6.39. The summed E-state index contributed by atoms with van der Waals surface area (Å²) in [7, 11) is -3.61. The maximum absolute atomic E-state index is 12.2. The van der Waals surface area contributed by atoms with Gasteiger partial charge in [-0.2, -0.15) is 5.10 Å². The maximum Gasteiger partial charge on any atom is 0.225 e. The third kappa shape index (κ3) is 1.72. The molecule has 2 aromatic rings. The van der Waals surface area contributed by atoms with Gasteiger partial charge in [-0.25, -0.2) is 8.42 Å². The van der Waals surface area contributed by atoms with E-state index in [2.05, 4.69) is 10.2 Å². The second-order valence-electron chi connectivity index (χ2n) is 3.32. The van der Waals surface area contributed by atoms with Crippen molar-refractivity contribution in [2.24, 2.45) is 0 Å². The Morgan fingerprint density at radius 1 is 1.31 bits per heavy atom. The minimum absolute atomic E-state index is 0.0662. The van der Waals surface area contributed by atoms with Gasteiger partial charge in [0.2, 0.25) is 9.84 Å². The third-order valence-corrected chi connectivity index (χ3v) is 4.50. The lowest BCUT2D eigenvalue weighted by Crippen LogP contribution is -2.05. The maximum atomic E-state index is 12.2. The molecule has 1 aromatic carbocycles. The van der Waals surface area contributed by atoms with Crippen LogP contribution < -0.4 is 0 Å². The van der Waals surface area contributed by atoms with E-state index >= 15 is 0 Å². The fourth-order valence-electron chi connectivity index (χ4n) is 1.42. The van der Waals surface area contributed by atoms with Crippen LogP contribution in [0.2, 0.25) is 5.02 Å². The van der Waals surface area contributed by atoms with Crippen molar-refractivity contribution in [3.63, 3.8) is 0 Å². The van der Waals surface area contributed by atoms with Crippen molar-refractivity contribution in [1.29, 1.82) is 0 Å². The molecule has 0 atom stereocenters. The smallest absolute Gasteiger partial charge is 0.225 e. The molecule has 1 heterocycles. The van der Waals surface area contributed by atoms with Crippen LogP contribution in [-0.4, -0.2) is 18.6 Å². The molecular formula is C10H9ClN2O2S. The molecule has 0 spiro atoms. The van der Waals surface area contributed by atoms with Gasteiger partial charge in [0.1, 0.15) is 0 Å². The third-order valence-electron chi connectivity index (χ3n) is 2.21. The summed E-state index contributed by atoms with van der Waals surface area (Å²) in [5.74, 6) is 0. The largest absolute Gasteiger partial charge is 0.266 e. The number of aromatic nitrogens is 2. The number of nitrogens with one attached hydrogen (secondary N) is 1. The van der Waals surface area contributed by atoms with Gasteiger partial charge in [0.15, 0.2) is 5.03 Å². The molecule has 16 heavy (non-hydrogen) atoms. The van der Waals surface area contributed by atoms with Crippen LogP contribution in [-0.2, 0) is 9.84 Å². The summed E-state index contributed by atoms with van der Waals surface area (Å²) in [5.41, 5.74) is 0.674. The number of hydrogen-bond acceptors (Lipinski definition) is 3.